The molecule has 0 spiro atoms. The third-order valence-electron chi connectivity index (χ3n) is 3.15. The molecule has 3 nitrogen and oxygen atoms in total. The van der Waals surface area contributed by atoms with Crippen LogP contribution in [-0.2, 0) is 0 Å². The van der Waals surface area contributed by atoms with Gasteiger partial charge < -0.3 is 15.7 Å². The molecular formula is C13H21FN2O. The van der Waals surface area contributed by atoms with Crippen molar-refractivity contribution in [2.45, 2.75) is 32.4 Å². The average Bonchev–Trinajstić information content (AvgIpc) is 2.27. The number of nitrogens with two attached hydrogens (primary N) is 1. The molecule has 1 aromatic rings. The standard InChI is InChI=1S/C13H21FN2O/c1-9(15)10-5-6-12(11(14)7-10)16(4)13(2,3)8-17/h5-7,9,17H,8,15H2,1-4H3/t9-/m0/s1. The lowest BCUT2D eigenvalue weighted by atomic mass is 10.0. The van der Waals surface area contributed by atoms with Gasteiger partial charge in [0.15, 0.2) is 0 Å². The van der Waals surface area contributed by atoms with Crippen LogP contribution in [0.5, 0.6) is 0 Å². The number of benzene rings is 1. The van der Waals surface area contributed by atoms with Gasteiger partial charge in [-0.1, -0.05) is 6.07 Å². The van der Waals surface area contributed by atoms with Crippen molar-refractivity contribution in [3.05, 3.63) is 29.6 Å². The average molecular weight is 240 g/mol. The number of rotatable bonds is 4. The molecule has 4 heteroatoms. The van der Waals surface area contributed by atoms with Gasteiger partial charge in [-0.05, 0) is 38.5 Å². The van der Waals surface area contributed by atoms with Gasteiger partial charge in [0.2, 0.25) is 0 Å². The molecule has 1 aromatic carbocycles. The fraction of sp³-hybridized carbons (Fsp3) is 0.538. The summed E-state index contributed by atoms with van der Waals surface area (Å²) in [5.74, 6) is -0.316. The molecule has 3 N–H and O–H groups in total. The van der Waals surface area contributed by atoms with Crippen LogP contribution < -0.4 is 10.6 Å². The second-order valence-electron chi connectivity index (χ2n) is 5.03. The molecule has 1 rings (SSSR count). The monoisotopic (exact) mass is 240 g/mol. The fourth-order valence-corrected chi connectivity index (χ4v) is 1.51. The number of aliphatic hydroxyl groups excluding tert-OH is 1. The number of aliphatic hydroxyl groups is 1. The summed E-state index contributed by atoms with van der Waals surface area (Å²) in [4.78, 5) is 1.73. The van der Waals surface area contributed by atoms with E-state index in [0.29, 0.717) is 5.69 Å². The molecule has 0 aliphatic carbocycles. The van der Waals surface area contributed by atoms with Gasteiger partial charge in [-0.15, -0.1) is 0 Å². The number of halogens is 1. The van der Waals surface area contributed by atoms with E-state index >= 15 is 0 Å². The van der Waals surface area contributed by atoms with E-state index in [9.17, 15) is 9.50 Å². The number of anilines is 1. The first-order chi connectivity index (χ1) is 7.79. The topological polar surface area (TPSA) is 49.5 Å². The SMILES string of the molecule is C[C@H](N)c1ccc(N(C)C(C)(C)CO)c(F)c1. The van der Waals surface area contributed by atoms with Crippen LogP contribution in [0, 0.1) is 5.82 Å². The summed E-state index contributed by atoms with van der Waals surface area (Å²) in [5.41, 5.74) is 6.43. The molecule has 17 heavy (non-hydrogen) atoms. The molecule has 0 aliphatic heterocycles. The van der Waals surface area contributed by atoms with Crippen LogP contribution in [0.1, 0.15) is 32.4 Å². The van der Waals surface area contributed by atoms with Gasteiger partial charge in [0.1, 0.15) is 5.82 Å². The Morgan fingerprint density at radius 3 is 2.47 bits per heavy atom. The predicted octanol–water partition coefficient (Wildman–Crippen LogP) is 2.05. The molecule has 0 amide bonds. The van der Waals surface area contributed by atoms with E-state index in [0.717, 1.165) is 5.56 Å². The lowest BCUT2D eigenvalue weighted by molar-refractivity contribution is 0.215. The molecule has 0 saturated carbocycles. The molecule has 0 bridgehead atoms. The Kier molecular flexibility index (Phi) is 4.11. The van der Waals surface area contributed by atoms with Gasteiger partial charge in [0, 0.05) is 13.1 Å². The van der Waals surface area contributed by atoms with Crippen molar-refractivity contribution in [3.63, 3.8) is 0 Å². The number of nitrogens with zero attached hydrogens (tertiary/aromatic N) is 1. The van der Waals surface area contributed by atoms with E-state index in [1.807, 2.05) is 26.8 Å². The summed E-state index contributed by atoms with van der Waals surface area (Å²) in [6, 6.07) is 4.78. The van der Waals surface area contributed by atoms with Crippen molar-refractivity contribution in [3.8, 4) is 0 Å². The first-order valence-corrected chi connectivity index (χ1v) is 5.69. The van der Waals surface area contributed by atoms with Crippen LogP contribution in [0.4, 0.5) is 10.1 Å². The van der Waals surface area contributed by atoms with E-state index in [1.54, 1.807) is 18.0 Å². The zero-order valence-corrected chi connectivity index (χ0v) is 10.9. The number of hydrogen-bond donors (Lipinski definition) is 2. The fourth-order valence-electron chi connectivity index (χ4n) is 1.51. The third-order valence-corrected chi connectivity index (χ3v) is 3.15. The molecule has 0 heterocycles. The van der Waals surface area contributed by atoms with Gasteiger partial charge in [-0.2, -0.15) is 0 Å². The van der Waals surface area contributed by atoms with Crippen LogP contribution in [0.25, 0.3) is 0 Å². The third kappa shape index (κ3) is 2.96. The van der Waals surface area contributed by atoms with Crippen LogP contribution in [-0.4, -0.2) is 24.3 Å². The lowest BCUT2D eigenvalue weighted by Crippen LogP contribution is -2.44. The molecule has 0 radical (unpaired) electrons. The highest BCUT2D eigenvalue weighted by atomic mass is 19.1. The number of likely N-dealkylation sites (N-methyl/N-ethyl adjacent to an activating group) is 1. The van der Waals surface area contributed by atoms with Crippen LogP contribution in [0.2, 0.25) is 0 Å². The Bertz CT molecular complexity index is 391. The Morgan fingerprint density at radius 2 is 2.06 bits per heavy atom. The Balaban J connectivity index is 3.08. The predicted molar refractivity (Wildman–Crippen MR) is 68.6 cm³/mol. The van der Waals surface area contributed by atoms with E-state index in [2.05, 4.69) is 0 Å². The molecule has 0 aliphatic rings. The zero-order valence-electron chi connectivity index (χ0n) is 10.9. The van der Waals surface area contributed by atoms with Crippen molar-refractivity contribution < 1.29 is 9.50 Å². The molecule has 1 atom stereocenters. The molecular weight excluding hydrogens is 219 g/mol. The van der Waals surface area contributed by atoms with Crippen molar-refractivity contribution in [2.75, 3.05) is 18.6 Å². The summed E-state index contributed by atoms with van der Waals surface area (Å²) in [6.45, 7) is 5.48. The highest BCUT2D eigenvalue weighted by molar-refractivity contribution is 5.51. The second-order valence-corrected chi connectivity index (χ2v) is 5.03. The zero-order chi connectivity index (χ0) is 13.2. The minimum absolute atomic E-state index is 0.0437. The van der Waals surface area contributed by atoms with Gasteiger partial charge >= 0.3 is 0 Å². The van der Waals surface area contributed by atoms with Gasteiger partial charge in [0.25, 0.3) is 0 Å². The normalized spacial score (nSPS) is 13.6. The van der Waals surface area contributed by atoms with Gasteiger partial charge in [0.05, 0.1) is 17.8 Å². The van der Waals surface area contributed by atoms with Crippen LogP contribution in [0.15, 0.2) is 18.2 Å². The van der Waals surface area contributed by atoms with Crippen molar-refractivity contribution >= 4 is 5.69 Å². The molecule has 0 saturated heterocycles. The summed E-state index contributed by atoms with van der Waals surface area (Å²) in [7, 11) is 1.76. The summed E-state index contributed by atoms with van der Waals surface area (Å²) >= 11 is 0. The minimum atomic E-state index is -0.503. The Labute approximate surface area is 102 Å². The highest BCUT2D eigenvalue weighted by Crippen LogP contribution is 2.26. The molecule has 0 aromatic heterocycles. The Hall–Kier alpha value is -1.13. The largest absolute Gasteiger partial charge is 0.394 e. The van der Waals surface area contributed by atoms with Crippen LogP contribution >= 0.6 is 0 Å². The van der Waals surface area contributed by atoms with Crippen LogP contribution in [0.3, 0.4) is 0 Å². The minimum Gasteiger partial charge on any atom is -0.394 e. The van der Waals surface area contributed by atoms with E-state index in [1.165, 1.54) is 6.07 Å². The lowest BCUT2D eigenvalue weighted by Gasteiger charge is -2.36. The molecule has 0 fully saturated rings. The maximum Gasteiger partial charge on any atom is 0.146 e. The first-order valence-electron chi connectivity index (χ1n) is 5.69. The maximum atomic E-state index is 13.9. The van der Waals surface area contributed by atoms with E-state index < -0.39 is 5.54 Å². The first kappa shape index (κ1) is 13.9. The van der Waals surface area contributed by atoms with Gasteiger partial charge in [-0.25, -0.2) is 4.39 Å². The Morgan fingerprint density at radius 1 is 1.47 bits per heavy atom. The summed E-state index contributed by atoms with van der Waals surface area (Å²) in [5, 5.41) is 9.28. The summed E-state index contributed by atoms with van der Waals surface area (Å²) < 4.78 is 13.9. The van der Waals surface area contributed by atoms with Gasteiger partial charge in [-0.3, -0.25) is 0 Å². The van der Waals surface area contributed by atoms with Crippen molar-refractivity contribution in [1.82, 2.24) is 0 Å². The molecule has 0 unspecified atom stereocenters. The summed E-state index contributed by atoms with van der Waals surface area (Å²) in [6.07, 6.45) is 0. The number of hydrogen-bond acceptors (Lipinski definition) is 3. The van der Waals surface area contributed by atoms with E-state index in [4.69, 9.17) is 5.73 Å². The maximum absolute atomic E-state index is 13.9. The highest BCUT2D eigenvalue weighted by Gasteiger charge is 2.24. The quantitative estimate of drug-likeness (QED) is 0.847. The van der Waals surface area contributed by atoms with Crippen molar-refractivity contribution in [2.24, 2.45) is 5.73 Å². The van der Waals surface area contributed by atoms with E-state index in [-0.39, 0.29) is 18.5 Å². The smallest absolute Gasteiger partial charge is 0.146 e. The second kappa shape index (κ2) is 5.02. The molecule has 96 valence electrons. The van der Waals surface area contributed by atoms with Crippen molar-refractivity contribution in [1.29, 1.82) is 0 Å².